The van der Waals surface area contributed by atoms with Crippen LogP contribution in [-0.4, -0.2) is 72.1 Å². The first-order valence-corrected chi connectivity index (χ1v) is 17.1. The molecule has 3 amide bonds. The van der Waals surface area contributed by atoms with Crippen molar-refractivity contribution in [2.75, 3.05) is 25.1 Å². The molecule has 0 saturated heterocycles. The van der Waals surface area contributed by atoms with Crippen LogP contribution in [0.15, 0.2) is 66.0 Å². The van der Waals surface area contributed by atoms with E-state index in [1.54, 1.807) is 21.1 Å². The average Bonchev–Trinajstić information content (AvgIpc) is 3.74. The fraction of sp³-hybridized carbons (Fsp3) is 0.444. The van der Waals surface area contributed by atoms with Gasteiger partial charge in [0.25, 0.3) is 0 Å². The van der Waals surface area contributed by atoms with Crippen LogP contribution in [0.25, 0.3) is 0 Å². The summed E-state index contributed by atoms with van der Waals surface area (Å²) in [5, 5.41) is 1.99. The molecule has 1 unspecified atom stereocenters. The van der Waals surface area contributed by atoms with Gasteiger partial charge in [0.1, 0.15) is 12.1 Å². The van der Waals surface area contributed by atoms with E-state index in [-0.39, 0.29) is 42.9 Å². The highest BCUT2D eigenvalue weighted by Gasteiger charge is 2.43. The smallest absolute Gasteiger partial charge is 0.415 e. The first-order valence-electron chi connectivity index (χ1n) is 16.2. The molecule has 46 heavy (non-hydrogen) atoms. The maximum absolute atomic E-state index is 14.5. The molecule has 2 atom stereocenters. The quantitative estimate of drug-likeness (QED) is 0.285. The minimum absolute atomic E-state index is 0.0679. The number of amides is 3. The normalized spacial score (nSPS) is 19.2. The molecule has 3 aromatic rings. The Labute approximate surface area is 274 Å². The zero-order chi connectivity index (χ0) is 32.0. The largest absolute Gasteiger partial charge is 0.469 e. The third-order valence-corrected chi connectivity index (χ3v) is 10.4. The van der Waals surface area contributed by atoms with Crippen molar-refractivity contribution in [2.45, 2.75) is 82.5 Å². The number of thiophene rings is 1. The predicted molar refractivity (Wildman–Crippen MR) is 175 cm³/mol. The lowest BCUT2D eigenvalue weighted by Gasteiger charge is -2.38. The highest BCUT2D eigenvalue weighted by atomic mass is 32.1. The number of methoxy groups -OCH3 is 1. The summed E-state index contributed by atoms with van der Waals surface area (Å²) < 4.78 is 10.9. The zero-order valence-electron chi connectivity index (χ0n) is 26.3. The molecule has 3 aliphatic rings. The number of carbonyl (C=O) groups excluding carboxylic acids is 4. The fourth-order valence-corrected chi connectivity index (χ4v) is 7.66. The van der Waals surface area contributed by atoms with Gasteiger partial charge in [0.2, 0.25) is 11.8 Å². The van der Waals surface area contributed by atoms with E-state index in [1.165, 1.54) is 12.0 Å². The van der Waals surface area contributed by atoms with Gasteiger partial charge in [-0.05, 0) is 72.7 Å². The SMILES string of the molecule is COC(=O)CC1Cc2ccccc2CN1C(=O)CN(CCc1cccs1)C(=O)[C@H]1Cc2ccccc2N1C(=O)OC1CCCCC1. The Kier molecular flexibility index (Phi) is 10.0. The van der Waals surface area contributed by atoms with Gasteiger partial charge < -0.3 is 19.3 Å². The molecule has 242 valence electrons. The second kappa shape index (κ2) is 14.5. The lowest BCUT2D eigenvalue weighted by molar-refractivity contribution is -0.147. The minimum atomic E-state index is -0.822. The number of nitrogens with zero attached hydrogens (tertiary/aromatic N) is 3. The molecule has 1 aliphatic carbocycles. The third-order valence-electron chi connectivity index (χ3n) is 9.43. The molecule has 1 aromatic heterocycles. The van der Waals surface area contributed by atoms with E-state index in [0.29, 0.717) is 38.0 Å². The Morgan fingerprint density at radius 1 is 0.891 bits per heavy atom. The summed E-state index contributed by atoms with van der Waals surface area (Å²) in [4.78, 5) is 60.7. The molecule has 1 saturated carbocycles. The highest BCUT2D eigenvalue weighted by molar-refractivity contribution is 7.09. The standard InChI is InChI=1S/C36H41N3O6S/c1-44-34(41)22-28-20-25-10-5-6-12-27(25)23-38(28)33(40)24-37(18-17-30-15-9-19-46-30)35(42)32-21-26-11-7-8-16-31(26)39(32)36(43)45-29-13-3-2-4-14-29/h5-12,15-16,19,28-29,32H,2-4,13-14,17-18,20-24H2,1H3/t28?,32-/m1/s1. The van der Waals surface area contributed by atoms with Gasteiger partial charge in [-0.15, -0.1) is 11.3 Å². The molecule has 2 aliphatic heterocycles. The summed E-state index contributed by atoms with van der Waals surface area (Å²) in [5.41, 5.74) is 3.70. The Morgan fingerprint density at radius 3 is 2.37 bits per heavy atom. The summed E-state index contributed by atoms with van der Waals surface area (Å²) in [6.07, 6.45) is 5.69. The first kappa shape index (κ1) is 31.8. The molecular formula is C36H41N3O6S. The summed E-state index contributed by atoms with van der Waals surface area (Å²) in [6.45, 7) is 0.496. The number of fused-ring (bicyclic) bond motifs is 2. The maximum Gasteiger partial charge on any atom is 0.415 e. The summed E-state index contributed by atoms with van der Waals surface area (Å²) >= 11 is 1.60. The van der Waals surface area contributed by atoms with Crippen LogP contribution in [0.2, 0.25) is 0 Å². The van der Waals surface area contributed by atoms with E-state index in [2.05, 4.69) is 0 Å². The summed E-state index contributed by atoms with van der Waals surface area (Å²) in [6, 6.07) is 18.3. The maximum atomic E-state index is 14.5. The number of carbonyl (C=O) groups is 4. The number of hydrogen-bond donors (Lipinski definition) is 0. The van der Waals surface area contributed by atoms with Crippen molar-refractivity contribution in [3.05, 3.63) is 87.6 Å². The van der Waals surface area contributed by atoms with Crippen molar-refractivity contribution in [2.24, 2.45) is 0 Å². The van der Waals surface area contributed by atoms with Crippen LogP contribution < -0.4 is 4.90 Å². The topological polar surface area (TPSA) is 96.5 Å². The molecule has 2 aromatic carbocycles. The Morgan fingerprint density at radius 2 is 1.63 bits per heavy atom. The van der Waals surface area contributed by atoms with Crippen molar-refractivity contribution >= 4 is 40.9 Å². The van der Waals surface area contributed by atoms with Crippen LogP contribution in [0.4, 0.5) is 10.5 Å². The Bertz CT molecular complexity index is 1550. The molecule has 6 rings (SSSR count). The monoisotopic (exact) mass is 643 g/mol. The molecule has 9 nitrogen and oxygen atoms in total. The first-order chi connectivity index (χ1) is 22.4. The number of esters is 1. The Balaban J connectivity index is 1.26. The molecule has 0 spiro atoms. The fourth-order valence-electron chi connectivity index (χ4n) is 6.96. The van der Waals surface area contributed by atoms with Gasteiger partial charge in [-0.1, -0.05) is 55.0 Å². The lowest BCUT2D eigenvalue weighted by Crippen LogP contribution is -2.54. The van der Waals surface area contributed by atoms with Crippen LogP contribution in [0.5, 0.6) is 0 Å². The minimum Gasteiger partial charge on any atom is -0.469 e. The Hall–Kier alpha value is -4.18. The molecule has 3 heterocycles. The van der Waals surface area contributed by atoms with Gasteiger partial charge in [-0.2, -0.15) is 0 Å². The summed E-state index contributed by atoms with van der Waals surface area (Å²) in [5.74, 6) is -0.915. The van der Waals surface area contributed by atoms with Crippen LogP contribution in [0.3, 0.4) is 0 Å². The number of rotatable bonds is 9. The van der Waals surface area contributed by atoms with Crippen molar-refractivity contribution in [3.63, 3.8) is 0 Å². The van der Waals surface area contributed by atoms with Gasteiger partial charge in [-0.25, -0.2) is 4.79 Å². The molecule has 1 fully saturated rings. The van der Waals surface area contributed by atoms with Gasteiger partial charge in [0.15, 0.2) is 0 Å². The molecule has 10 heteroatoms. The van der Waals surface area contributed by atoms with E-state index in [9.17, 15) is 19.2 Å². The van der Waals surface area contributed by atoms with Gasteiger partial charge in [0.05, 0.1) is 25.8 Å². The number of anilines is 1. The third kappa shape index (κ3) is 7.12. The van der Waals surface area contributed by atoms with Crippen LogP contribution >= 0.6 is 11.3 Å². The molecular weight excluding hydrogens is 602 g/mol. The number of hydrogen-bond acceptors (Lipinski definition) is 7. The van der Waals surface area contributed by atoms with Crippen molar-refractivity contribution in [1.29, 1.82) is 0 Å². The second-order valence-electron chi connectivity index (χ2n) is 12.4. The van der Waals surface area contributed by atoms with Crippen molar-refractivity contribution < 1.29 is 28.7 Å². The summed E-state index contributed by atoms with van der Waals surface area (Å²) in [7, 11) is 1.35. The van der Waals surface area contributed by atoms with E-state index in [0.717, 1.165) is 53.7 Å². The molecule has 0 radical (unpaired) electrons. The van der Waals surface area contributed by atoms with Gasteiger partial charge in [0, 0.05) is 30.4 Å². The van der Waals surface area contributed by atoms with Crippen LogP contribution in [-0.2, 0) is 49.7 Å². The second-order valence-corrected chi connectivity index (χ2v) is 13.4. The van der Waals surface area contributed by atoms with E-state index in [1.807, 2.05) is 66.0 Å². The van der Waals surface area contributed by atoms with Crippen molar-refractivity contribution in [3.8, 4) is 0 Å². The van der Waals surface area contributed by atoms with Gasteiger partial charge >= 0.3 is 12.1 Å². The average molecular weight is 644 g/mol. The highest BCUT2D eigenvalue weighted by Crippen LogP contribution is 2.35. The zero-order valence-corrected chi connectivity index (χ0v) is 27.1. The molecule has 0 N–H and O–H groups in total. The van der Waals surface area contributed by atoms with Crippen LogP contribution in [0, 0.1) is 0 Å². The number of para-hydroxylation sites is 1. The van der Waals surface area contributed by atoms with Crippen molar-refractivity contribution in [1.82, 2.24) is 9.80 Å². The number of benzene rings is 2. The predicted octanol–water partition coefficient (Wildman–Crippen LogP) is 5.54. The van der Waals surface area contributed by atoms with E-state index < -0.39 is 12.1 Å². The lowest BCUT2D eigenvalue weighted by atomic mass is 9.92. The van der Waals surface area contributed by atoms with Gasteiger partial charge in [-0.3, -0.25) is 19.3 Å². The van der Waals surface area contributed by atoms with E-state index >= 15 is 0 Å². The van der Waals surface area contributed by atoms with E-state index in [4.69, 9.17) is 9.47 Å². The molecule has 0 bridgehead atoms. The van der Waals surface area contributed by atoms with Crippen LogP contribution in [0.1, 0.15) is 60.1 Å². The number of ether oxygens (including phenoxy) is 2.